The Hall–Kier alpha value is -3.09. The Labute approximate surface area is 247 Å². The molecule has 6 rings (SSSR count). The van der Waals surface area contributed by atoms with E-state index in [1.807, 2.05) is 18.2 Å². The third-order valence-electron chi connectivity index (χ3n) is 9.89. The zero-order valence-electron chi connectivity index (χ0n) is 23.6. The van der Waals surface area contributed by atoms with Crippen LogP contribution in [0.1, 0.15) is 80.4 Å². The van der Waals surface area contributed by atoms with Gasteiger partial charge in [-0.25, -0.2) is 4.79 Å². The standard InChI is InChI=1S/C34H39ClN2O4/c1-22(21-41-30-12-17-36-31-27(30)9-5-11-29(31)38)18-24-19-23-6-2-3-10-28(23)33(24)13-15-34(16-14-33,32(39)40)37-26-8-4-7-25(35)20-26/h2-4,6-8,10,12,17,20,22,24,29,37-38H,5,9,11,13-16,18-19,21H2,1H3,(H,39,40)/t22-,24?,29-,33?,34?/m1/s1. The van der Waals surface area contributed by atoms with Crippen molar-refractivity contribution in [3.8, 4) is 5.75 Å². The van der Waals surface area contributed by atoms with Gasteiger partial charge in [-0.05, 0) is 110 Å². The maximum atomic E-state index is 12.7. The second kappa shape index (κ2) is 11.3. The van der Waals surface area contributed by atoms with Crippen molar-refractivity contribution in [1.29, 1.82) is 0 Å². The summed E-state index contributed by atoms with van der Waals surface area (Å²) in [6, 6.07) is 18.0. The lowest BCUT2D eigenvalue weighted by atomic mass is 9.59. The van der Waals surface area contributed by atoms with Crippen LogP contribution in [0.25, 0.3) is 0 Å². The number of anilines is 1. The van der Waals surface area contributed by atoms with Gasteiger partial charge < -0.3 is 20.3 Å². The van der Waals surface area contributed by atoms with Crippen LogP contribution in [0, 0.1) is 11.8 Å². The molecular formula is C34H39ClN2O4. The number of pyridine rings is 1. The molecule has 1 heterocycles. The number of aliphatic hydroxyl groups excluding tert-OH is 1. The molecule has 0 amide bonds. The number of carboxylic acid groups (broad SMARTS) is 1. The molecule has 6 nitrogen and oxygen atoms in total. The molecule has 3 N–H and O–H groups in total. The van der Waals surface area contributed by atoms with E-state index in [2.05, 4.69) is 41.5 Å². The van der Waals surface area contributed by atoms with Crippen LogP contribution in [-0.2, 0) is 23.1 Å². The number of rotatable bonds is 8. The van der Waals surface area contributed by atoms with Crippen molar-refractivity contribution < 1.29 is 19.7 Å². The summed E-state index contributed by atoms with van der Waals surface area (Å²) in [4.78, 5) is 17.1. The van der Waals surface area contributed by atoms with Crippen molar-refractivity contribution in [3.63, 3.8) is 0 Å². The Morgan fingerprint density at radius 3 is 2.73 bits per heavy atom. The lowest BCUT2D eigenvalue weighted by molar-refractivity contribution is -0.144. The van der Waals surface area contributed by atoms with Crippen LogP contribution in [0.4, 0.5) is 5.69 Å². The van der Waals surface area contributed by atoms with E-state index in [1.165, 1.54) is 11.1 Å². The summed E-state index contributed by atoms with van der Waals surface area (Å²) in [7, 11) is 0. The maximum Gasteiger partial charge on any atom is 0.329 e. The first-order valence-electron chi connectivity index (χ1n) is 14.9. The van der Waals surface area contributed by atoms with Crippen molar-refractivity contribution in [2.45, 2.75) is 81.8 Å². The molecule has 0 bridgehead atoms. The SMILES string of the molecule is C[C@@H](COc1ccnc2c1CCC[C@H]2O)CC1Cc2ccccc2C12CCC(Nc1cccc(Cl)c1)(C(=O)O)CC2. The molecule has 1 unspecified atom stereocenters. The van der Waals surface area contributed by atoms with E-state index in [0.717, 1.165) is 67.6 Å². The van der Waals surface area contributed by atoms with Crippen molar-refractivity contribution in [2.75, 3.05) is 11.9 Å². The molecule has 3 aliphatic rings. The molecule has 216 valence electrons. The molecule has 7 heteroatoms. The third-order valence-corrected chi connectivity index (χ3v) is 10.1. The molecule has 0 saturated heterocycles. The molecule has 3 aliphatic carbocycles. The van der Waals surface area contributed by atoms with Crippen molar-refractivity contribution in [2.24, 2.45) is 11.8 Å². The van der Waals surface area contributed by atoms with Gasteiger partial charge in [-0.2, -0.15) is 0 Å². The van der Waals surface area contributed by atoms with E-state index in [0.29, 0.717) is 36.3 Å². The number of benzene rings is 2. The first-order chi connectivity index (χ1) is 19.8. The number of aliphatic hydroxyl groups is 1. The van der Waals surface area contributed by atoms with Gasteiger partial charge in [0.1, 0.15) is 11.3 Å². The Kier molecular flexibility index (Phi) is 7.73. The zero-order chi connectivity index (χ0) is 28.6. The summed E-state index contributed by atoms with van der Waals surface area (Å²) >= 11 is 6.20. The maximum absolute atomic E-state index is 12.7. The van der Waals surface area contributed by atoms with Gasteiger partial charge in [-0.3, -0.25) is 4.98 Å². The number of nitrogens with zero attached hydrogens (tertiary/aromatic N) is 1. The molecule has 41 heavy (non-hydrogen) atoms. The smallest absolute Gasteiger partial charge is 0.329 e. The largest absolute Gasteiger partial charge is 0.493 e. The highest BCUT2D eigenvalue weighted by Crippen LogP contribution is 2.56. The average Bonchev–Trinajstić information content (AvgIpc) is 3.25. The van der Waals surface area contributed by atoms with Gasteiger partial charge >= 0.3 is 5.97 Å². The minimum Gasteiger partial charge on any atom is -0.493 e. The summed E-state index contributed by atoms with van der Waals surface area (Å²) in [6.45, 7) is 2.86. The molecule has 2 aromatic carbocycles. The number of hydrogen-bond donors (Lipinski definition) is 3. The second-order valence-electron chi connectivity index (χ2n) is 12.5. The zero-order valence-corrected chi connectivity index (χ0v) is 24.4. The number of halogens is 1. The quantitative estimate of drug-likeness (QED) is 0.265. The molecule has 3 atom stereocenters. The van der Waals surface area contributed by atoms with Crippen LogP contribution in [0.2, 0.25) is 5.02 Å². The van der Waals surface area contributed by atoms with Gasteiger partial charge in [0, 0.05) is 22.5 Å². The first kappa shape index (κ1) is 28.0. The Bertz CT molecular complexity index is 1420. The van der Waals surface area contributed by atoms with Crippen molar-refractivity contribution in [3.05, 3.63) is 88.2 Å². The van der Waals surface area contributed by atoms with Crippen LogP contribution in [-0.4, -0.2) is 33.3 Å². The van der Waals surface area contributed by atoms with E-state index in [-0.39, 0.29) is 5.41 Å². The second-order valence-corrected chi connectivity index (χ2v) is 12.9. The number of nitrogens with one attached hydrogen (secondary N) is 1. The third kappa shape index (κ3) is 5.32. The molecular weight excluding hydrogens is 536 g/mol. The number of carbonyl (C=O) groups is 1. The molecule has 1 spiro atoms. The number of aliphatic carboxylic acids is 1. The molecule has 0 radical (unpaired) electrons. The van der Waals surface area contributed by atoms with Crippen molar-refractivity contribution >= 4 is 23.3 Å². The van der Waals surface area contributed by atoms with Crippen molar-refractivity contribution in [1.82, 2.24) is 4.98 Å². The predicted octanol–water partition coefficient (Wildman–Crippen LogP) is 7.13. The van der Waals surface area contributed by atoms with Gasteiger partial charge in [-0.1, -0.05) is 48.9 Å². The molecule has 1 fully saturated rings. The van der Waals surface area contributed by atoms with E-state index in [4.69, 9.17) is 16.3 Å². The highest BCUT2D eigenvalue weighted by Gasteiger charge is 2.54. The summed E-state index contributed by atoms with van der Waals surface area (Å²) < 4.78 is 6.37. The van der Waals surface area contributed by atoms with E-state index < -0.39 is 17.6 Å². The lowest BCUT2D eigenvalue weighted by Gasteiger charge is -2.47. The summed E-state index contributed by atoms with van der Waals surface area (Å²) in [5, 5.41) is 24.7. The fourth-order valence-electron chi connectivity index (χ4n) is 7.77. The topological polar surface area (TPSA) is 91.7 Å². The molecule has 3 aromatic rings. The van der Waals surface area contributed by atoms with E-state index >= 15 is 0 Å². The minimum atomic E-state index is -1.02. The van der Waals surface area contributed by atoms with Gasteiger partial charge in [0.15, 0.2) is 0 Å². The Morgan fingerprint density at radius 2 is 1.95 bits per heavy atom. The Morgan fingerprint density at radius 1 is 1.15 bits per heavy atom. The van der Waals surface area contributed by atoms with Gasteiger partial charge in [-0.15, -0.1) is 0 Å². The average molecular weight is 575 g/mol. The van der Waals surface area contributed by atoms with Crippen LogP contribution in [0.15, 0.2) is 60.8 Å². The van der Waals surface area contributed by atoms with Crippen LogP contribution in [0.3, 0.4) is 0 Å². The Balaban J connectivity index is 1.19. The highest BCUT2D eigenvalue weighted by atomic mass is 35.5. The number of ether oxygens (including phenoxy) is 1. The molecule has 1 aromatic heterocycles. The normalized spacial score (nSPS) is 27.6. The molecule has 1 saturated carbocycles. The number of hydrogen-bond acceptors (Lipinski definition) is 5. The fraction of sp³-hybridized carbons (Fsp3) is 0.471. The minimum absolute atomic E-state index is 0.0419. The number of carboxylic acids is 1. The lowest BCUT2D eigenvalue weighted by Crippen LogP contribution is -2.53. The summed E-state index contributed by atoms with van der Waals surface area (Å²) in [5.41, 5.74) is 4.30. The molecule has 0 aliphatic heterocycles. The van der Waals surface area contributed by atoms with E-state index in [1.54, 1.807) is 18.3 Å². The van der Waals surface area contributed by atoms with Gasteiger partial charge in [0.2, 0.25) is 0 Å². The monoisotopic (exact) mass is 574 g/mol. The van der Waals surface area contributed by atoms with E-state index in [9.17, 15) is 15.0 Å². The number of aromatic nitrogens is 1. The van der Waals surface area contributed by atoms with Crippen LogP contribution in [0.5, 0.6) is 5.75 Å². The van der Waals surface area contributed by atoms with Gasteiger partial charge in [0.25, 0.3) is 0 Å². The summed E-state index contributed by atoms with van der Waals surface area (Å²) in [5.74, 6) is 0.785. The first-order valence-corrected chi connectivity index (χ1v) is 15.3. The van der Waals surface area contributed by atoms with Crippen LogP contribution >= 0.6 is 11.6 Å². The fourth-order valence-corrected chi connectivity index (χ4v) is 7.96. The highest BCUT2D eigenvalue weighted by molar-refractivity contribution is 6.30. The van der Waals surface area contributed by atoms with Crippen LogP contribution < -0.4 is 10.1 Å². The number of fused-ring (bicyclic) bond motifs is 3. The van der Waals surface area contributed by atoms with Gasteiger partial charge in [0.05, 0.1) is 18.4 Å². The summed E-state index contributed by atoms with van der Waals surface area (Å²) in [6.07, 6.45) is 8.58. The predicted molar refractivity (Wildman–Crippen MR) is 161 cm³/mol.